The Balaban J connectivity index is 1.69. The molecule has 0 saturated carbocycles. The zero-order valence-electron chi connectivity index (χ0n) is 12.1. The van der Waals surface area contributed by atoms with E-state index >= 15 is 0 Å². The summed E-state index contributed by atoms with van der Waals surface area (Å²) in [5.74, 6) is -0.00145. The number of benzene rings is 1. The molecule has 1 amide bonds. The number of thiazole rings is 1. The van der Waals surface area contributed by atoms with E-state index in [0.717, 1.165) is 34.1 Å². The summed E-state index contributed by atoms with van der Waals surface area (Å²) < 4.78 is 0. The van der Waals surface area contributed by atoms with Crippen LogP contribution in [0.4, 0.5) is 10.8 Å². The molecule has 0 unspecified atom stereocenters. The molecule has 0 bridgehead atoms. The molecule has 2 aromatic rings. The smallest absolute Gasteiger partial charge is 0.226 e. The SMILES string of the molecule is Cc1cnc(NC(=O)CCCNc2ccc(Cl)c(C)c2)s1. The van der Waals surface area contributed by atoms with Crippen LogP contribution < -0.4 is 10.6 Å². The van der Waals surface area contributed by atoms with E-state index in [0.29, 0.717) is 11.6 Å². The Labute approximate surface area is 133 Å². The maximum absolute atomic E-state index is 11.7. The molecule has 0 fully saturated rings. The lowest BCUT2D eigenvalue weighted by Gasteiger charge is -2.08. The van der Waals surface area contributed by atoms with Crippen LogP contribution in [0.5, 0.6) is 0 Å². The molecule has 0 aliphatic rings. The van der Waals surface area contributed by atoms with Gasteiger partial charge in [-0.05, 0) is 44.0 Å². The number of nitrogens with one attached hydrogen (secondary N) is 2. The van der Waals surface area contributed by atoms with Crippen LogP contribution in [0, 0.1) is 13.8 Å². The third-order valence-corrected chi connectivity index (χ3v) is 4.19. The van der Waals surface area contributed by atoms with E-state index in [-0.39, 0.29) is 5.91 Å². The highest BCUT2D eigenvalue weighted by atomic mass is 35.5. The number of carbonyl (C=O) groups excluding carboxylic acids is 1. The van der Waals surface area contributed by atoms with Gasteiger partial charge in [0.05, 0.1) is 0 Å². The van der Waals surface area contributed by atoms with Gasteiger partial charge >= 0.3 is 0 Å². The van der Waals surface area contributed by atoms with Crippen molar-refractivity contribution in [1.29, 1.82) is 0 Å². The maximum Gasteiger partial charge on any atom is 0.226 e. The van der Waals surface area contributed by atoms with Gasteiger partial charge in [-0.15, -0.1) is 11.3 Å². The summed E-state index contributed by atoms with van der Waals surface area (Å²) >= 11 is 7.46. The Morgan fingerprint density at radius 1 is 1.38 bits per heavy atom. The molecule has 0 radical (unpaired) electrons. The molecule has 4 nitrogen and oxygen atoms in total. The molecule has 21 heavy (non-hydrogen) atoms. The minimum atomic E-state index is -0.00145. The predicted molar refractivity (Wildman–Crippen MR) is 89.4 cm³/mol. The quantitative estimate of drug-likeness (QED) is 0.782. The summed E-state index contributed by atoms with van der Waals surface area (Å²) in [6.45, 7) is 4.67. The number of rotatable bonds is 6. The van der Waals surface area contributed by atoms with Gasteiger partial charge in [0.15, 0.2) is 5.13 Å². The minimum Gasteiger partial charge on any atom is -0.385 e. The highest BCUT2D eigenvalue weighted by Gasteiger charge is 2.05. The zero-order chi connectivity index (χ0) is 15.2. The molecule has 1 heterocycles. The number of anilines is 2. The van der Waals surface area contributed by atoms with Gasteiger partial charge in [-0.25, -0.2) is 4.98 Å². The average Bonchev–Trinajstić information content (AvgIpc) is 2.84. The molecule has 0 aliphatic carbocycles. The van der Waals surface area contributed by atoms with Crippen molar-refractivity contribution in [2.45, 2.75) is 26.7 Å². The lowest BCUT2D eigenvalue weighted by atomic mass is 10.2. The van der Waals surface area contributed by atoms with Crippen molar-refractivity contribution in [3.05, 3.63) is 39.9 Å². The van der Waals surface area contributed by atoms with Crippen molar-refractivity contribution in [1.82, 2.24) is 4.98 Å². The maximum atomic E-state index is 11.7. The normalized spacial score (nSPS) is 10.4. The Morgan fingerprint density at radius 3 is 2.86 bits per heavy atom. The Morgan fingerprint density at radius 2 is 2.19 bits per heavy atom. The minimum absolute atomic E-state index is 0.00145. The molecule has 1 aromatic carbocycles. The number of amides is 1. The number of hydrogen-bond acceptors (Lipinski definition) is 4. The molecule has 0 saturated heterocycles. The van der Waals surface area contributed by atoms with Crippen LogP contribution in [-0.4, -0.2) is 17.4 Å². The van der Waals surface area contributed by atoms with Crippen LogP contribution in [0.3, 0.4) is 0 Å². The summed E-state index contributed by atoms with van der Waals surface area (Å²) in [7, 11) is 0. The fourth-order valence-electron chi connectivity index (χ4n) is 1.83. The summed E-state index contributed by atoms with van der Waals surface area (Å²) in [6.07, 6.45) is 2.99. The van der Waals surface area contributed by atoms with Gasteiger partial charge in [0.2, 0.25) is 5.91 Å². The molecule has 0 atom stereocenters. The second-order valence-electron chi connectivity index (χ2n) is 4.82. The Kier molecular flexibility index (Phi) is 5.59. The first-order valence-electron chi connectivity index (χ1n) is 6.77. The molecular weight excluding hydrogens is 306 g/mol. The number of nitrogens with zero attached hydrogens (tertiary/aromatic N) is 1. The van der Waals surface area contributed by atoms with Gasteiger partial charge in [0.25, 0.3) is 0 Å². The van der Waals surface area contributed by atoms with Gasteiger partial charge in [-0.1, -0.05) is 11.6 Å². The number of carbonyl (C=O) groups is 1. The van der Waals surface area contributed by atoms with Crippen molar-refractivity contribution < 1.29 is 4.79 Å². The van der Waals surface area contributed by atoms with Crippen molar-refractivity contribution in [3.8, 4) is 0 Å². The monoisotopic (exact) mass is 323 g/mol. The third-order valence-electron chi connectivity index (χ3n) is 2.94. The van der Waals surface area contributed by atoms with Crippen molar-refractivity contribution in [2.24, 2.45) is 0 Å². The van der Waals surface area contributed by atoms with E-state index < -0.39 is 0 Å². The second kappa shape index (κ2) is 7.43. The van der Waals surface area contributed by atoms with Crippen molar-refractivity contribution in [2.75, 3.05) is 17.2 Å². The lowest BCUT2D eigenvalue weighted by Crippen LogP contribution is -2.13. The Bertz CT molecular complexity index is 627. The molecule has 6 heteroatoms. The summed E-state index contributed by atoms with van der Waals surface area (Å²) in [6, 6.07) is 5.81. The average molecular weight is 324 g/mol. The molecule has 1 aromatic heterocycles. The summed E-state index contributed by atoms with van der Waals surface area (Å²) in [5, 5.41) is 7.51. The van der Waals surface area contributed by atoms with E-state index in [2.05, 4.69) is 15.6 Å². The van der Waals surface area contributed by atoms with E-state index in [1.807, 2.05) is 32.0 Å². The highest BCUT2D eigenvalue weighted by molar-refractivity contribution is 7.15. The van der Waals surface area contributed by atoms with Gasteiger partial charge in [-0.2, -0.15) is 0 Å². The van der Waals surface area contributed by atoms with Gasteiger partial charge < -0.3 is 10.6 Å². The number of aromatic nitrogens is 1. The molecule has 2 N–H and O–H groups in total. The topological polar surface area (TPSA) is 54.0 Å². The van der Waals surface area contributed by atoms with Crippen LogP contribution in [0.15, 0.2) is 24.4 Å². The van der Waals surface area contributed by atoms with Gasteiger partial charge in [0, 0.05) is 34.7 Å². The first kappa shape index (κ1) is 15.8. The van der Waals surface area contributed by atoms with Crippen LogP contribution in [0.1, 0.15) is 23.3 Å². The predicted octanol–water partition coefficient (Wildman–Crippen LogP) is 4.24. The molecule has 0 aliphatic heterocycles. The van der Waals surface area contributed by atoms with Crippen LogP contribution in [-0.2, 0) is 4.79 Å². The highest BCUT2D eigenvalue weighted by Crippen LogP contribution is 2.19. The Hall–Kier alpha value is -1.59. The molecular formula is C15H18ClN3OS. The van der Waals surface area contributed by atoms with Crippen molar-refractivity contribution in [3.63, 3.8) is 0 Å². The van der Waals surface area contributed by atoms with Crippen LogP contribution >= 0.6 is 22.9 Å². The van der Waals surface area contributed by atoms with E-state index in [1.165, 1.54) is 11.3 Å². The lowest BCUT2D eigenvalue weighted by molar-refractivity contribution is -0.116. The summed E-state index contributed by atoms with van der Waals surface area (Å²) in [4.78, 5) is 16.9. The number of halogens is 1. The van der Waals surface area contributed by atoms with Crippen molar-refractivity contribution >= 4 is 39.7 Å². The largest absolute Gasteiger partial charge is 0.385 e. The number of hydrogen-bond donors (Lipinski definition) is 2. The van der Waals surface area contributed by atoms with E-state index in [4.69, 9.17) is 11.6 Å². The molecule has 2 rings (SSSR count). The van der Waals surface area contributed by atoms with Crippen LogP contribution in [0.25, 0.3) is 0 Å². The van der Waals surface area contributed by atoms with E-state index in [1.54, 1.807) is 6.20 Å². The molecule has 0 spiro atoms. The first-order chi connectivity index (χ1) is 10.0. The standard InChI is InChI=1S/C15H18ClN3OS/c1-10-8-12(5-6-13(10)16)17-7-3-4-14(20)19-15-18-9-11(2)21-15/h5-6,8-9,17H,3-4,7H2,1-2H3,(H,18,19,20). The fraction of sp³-hybridized carbons (Fsp3) is 0.333. The fourth-order valence-corrected chi connectivity index (χ4v) is 2.63. The third kappa shape index (κ3) is 5.02. The van der Waals surface area contributed by atoms with E-state index in [9.17, 15) is 4.79 Å². The number of aryl methyl sites for hydroxylation is 2. The zero-order valence-corrected chi connectivity index (χ0v) is 13.6. The summed E-state index contributed by atoms with van der Waals surface area (Å²) in [5.41, 5.74) is 2.06. The first-order valence-corrected chi connectivity index (χ1v) is 7.96. The molecule has 112 valence electrons. The van der Waals surface area contributed by atoms with Crippen LogP contribution in [0.2, 0.25) is 5.02 Å². The second-order valence-corrected chi connectivity index (χ2v) is 6.46. The van der Waals surface area contributed by atoms with Gasteiger partial charge in [0.1, 0.15) is 0 Å². The van der Waals surface area contributed by atoms with Gasteiger partial charge in [-0.3, -0.25) is 4.79 Å².